The Bertz CT molecular complexity index is 1250. The van der Waals surface area contributed by atoms with Crippen LogP contribution in [0.15, 0.2) is 51.8 Å². The molecular formula is C26H31N3O5S. The van der Waals surface area contributed by atoms with Crippen molar-refractivity contribution in [2.45, 2.75) is 68.5 Å². The van der Waals surface area contributed by atoms with E-state index in [-0.39, 0.29) is 22.9 Å². The average Bonchev–Trinajstić information content (AvgIpc) is 3.59. The first kappa shape index (κ1) is 23.7. The number of carbonyl (C=O) groups is 1. The van der Waals surface area contributed by atoms with Gasteiger partial charge in [0.05, 0.1) is 19.3 Å². The minimum Gasteiger partial charge on any atom is -0.493 e. The Morgan fingerprint density at radius 2 is 1.86 bits per heavy atom. The number of hydrogen-bond donors (Lipinski definition) is 1. The quantitative estimate of drug-likeness (QED) is 0.652. The second-order valence-corrected chi connectivity index (χ2v) is 11.0. The topological polar surface area (TPSA) is 97.3 Å². The van der Waals surface area contributed by atoms with Gasteiger partial charge in [0, 0.05) is 12.1 Å². The van der Waals surface area contributed by atoms with Crippen molar-refractivity contribution in [3.63, 3.8) is 0 Å². The van der Waals surface area contributed by atoms with Gasteiger partial charge in [-0.1, -0.05) is 18.2 Å². The fourth-order valence-corrected chi connectivity index (χ4v) is 6.44. The van der Waals surface area contributed by atoms with E-state index in [1.54, 1.807) is 31.4 Å². The van der Waals surface area contributed by atoms with E-state index in [0.29, 0.717) is 30.1 Å². The molecule has 2 heterocycles. The molecule has 2 aromatic rings. The lowest BCUT2D eigenvalue weighted by Gasteiger charge is -2.27. The standard InChI is InChI=1S/C26H31N3O5S/c1-17(18-13-14-22(23(16-18)33-2)34-19-8-3-4-9-19)27-26(30)21-11-7-15-29(21)25-20-10-5-6-12-24(20)35(31,32)28-25/h5-6,10,12-14,16-17,19,21H,3-4,7-9,11,15H2,1-2H3,(H,27,30)/t17?,21-/m0/s1. The number of amidine groups is 1. The van der Waals surface area contributed by atoms with E-state index in [9.17, 15) is 13.2 Å². The summed E-state index contributed by atoms with van der Waals surface area (Å²) in [5, 5.41) is 3.10. The number of methoxy groups -OCH3 is 1. The first-order chi connectivity index (χ1) is 16.9. The number of rotatable bonds is 6. The smallest absolute Gasteiger partial charge is 0.285 e. The number of amides is 1. The van der Waals surface area contributed by atoms with Crippen LogP contribution in [0.4, 0.5) is 0 Å². The molecule has 0 aromatic heterocycles. The van der Waals surface area contributed by atoms with E-state index in [2.05, 4.69) is 9.71 Å². The molecule has 1 amide bonds. The van der Waals surface area contributed by atoms with Crippen molar-refractivity contribution in [3.05, 3.63) is 53.6 Å². The molecule has 5 rings (SSSR count). The second-order valence-electron chi connectivity index (χ2n) is 9.40. The van der Waals surface area contributed by atoms with E-state index in [1.165, 1.54) is 12.8 Å². The Balaban J connectivity index is 1.30. The summed E-state index contributed by atoms with van der Waals surface area (Å²) < 4.78 is 40.8. The van der Waals surface area contributed by atoms with Crippen LogP contribution in [0.3, 0.4) is 0 Å². The fourth-order valence-electron chi connectivity index (χ4n) is 5.22. The highest BCUT2D eigenvalue weighted by Crippen LogP contribution is 2.34. The van der Waals surface area contributed by atoms with Crippen molar-refractivity contribution in [1.29, 1.82) is 0 Å². The number of nitrogens with zero attached hydrogens (tertiary/aromatic N) is 2. The number of fused-ring (bicyclic) bond motifs is 1. The molecule has 8 nitrogen and oxygen atoms in total. The molecule has 0 spiro atoms. The zero-order valence-electron chi connectivity index (χ0n) is 20.1. The maximum atomic E-state index is 13.3. The van der Waals surface area contributed by atoms with Crippen LogP contribution in [0.25, 0.3) is 0 Å². The molecule has 2 aromatic carbocycles. The third kappa shape index (κ3) is 4.61. The summed E-state index contributed by atoms with van der Waals surface area (Å²) in [5.74, 6) is 1.59. The minimum absolute atomic E-state index is 0.148. The molecule has 9 heteroatoms. The summed E-state index contributed by atoms with van der Waals surface area (Å²) in [6.07, 6.45) is 6.16. The van der Waals surface area contributed by atoms with Gasteiger partial charge in [0.15, 0.2) is 17.3 Å². The lowest BCUT2D eigenvalue weighted by Crippen LogP contribution is -2.46. The molecule has 1 saturated carbocycles. The predicted octanol–water partition coefficient (Wildman–Crippen LogP) is 3.81. The zero-order chi connectivity index (χ0) is 24.6. The lowest BCUT2D eigenvalue weighted by molar-refractivity contribution is -0.125. The molecule has 1 saturated heterocycles. The lowest BCUT2D eigenvalue weighted by atomic mass is 10.1. The molecule has 1 unspecified atom stereocenters. The molecule has 35 heavy (non-hydrogen) atoms. The van der Waals surface area contributed by atoms with Gasteiger partial charge in [-0.15, -0.1) is 4.40 Å². The molecule has 2 aliphatic heterocycles. The van der Waals surface area contributed by atoms with Crippen molar-refractivity contribution < 1.29 is 22.7 Å². The molecule has 2 fully saturated rings. The van der Waals surface area contributed by atoms with Crippen molar-refractivity contribution in [3.8, 4) is 11.5 Å². The van der Waals surface area contributed by atoms with Crippen LogP contribution >= 0.6 is 0 Å². The van der Waals surface area contributed by atoms with Gasteiger partial charge >= 0.3 is 0 Å². The van der Waals surface area contributed by atoms with E-state index in [0.717, 1.165) is 30.6 Å². The first-order valence-electron chi connectivity index (χ1n) is 12.2. The zero-order valence-corrected chi connectivity index (χ0v) is 20.9. The molecule has 1 N–H and O–H groups in total. The summed E-state index contributed by atoms with van der Waals surface area (Å²) in [4.78, 5) is 15.3. The van der Waals surface area contributed by atoms with E-state index in [4.69, 9.17) is 9.47 Å². The minimum atomic E-state index is -3.74. The molecule has 0 radical (unpaired) electrons. The van der Waals surface area contributed by atoms with E-state index in [1.807, 2.05) is 30.0 Å². The third-order valence-electron chi connectivity index (χ3n) is 7.08. The number of ether oxygens (including phenoxy) is 2. The number of benzene rings is 2. The Morgan fingerprint density at radius 1 is 1.09 bits per heavy atom. The highest BCUT2D eigenvalue weighted by atomic mass is 32.2. The Labute approximate surface area is 206 Å². The number of nitrogens with one attached hydrogen (secondary N) is 1. The highest BCUT2D eigenvalue weighted by Gasteiger charge is 2.39. The van der Waals surface area contributed by atoms with Gasteiger partial charge in [-0.3, -0.25) is 4.79 Å². The fraction of sp³-hybridized carbons (Fsp3) is 0.462. The monoisotopic (exact) mass is 497 g/mol. The molecule has 186 valence electrons. The maximum absolute atomic E-state index is 13.3. The van der Waals surface area contributed by atoms with Gasteiger partial charge in [-0.25, -0.2) is 0 Å². The van der Waals surface area contributed by atoms with Gasteiger partial charge in [0.1, 0.15) is 10.9 Å². The van der Waals surface area contributed by atoms with E-state index >= 15 is 0 Å². The van der Waals surface area contributed by atoms with Crippen LogP contribution in [0, 0.1) is 0 Å². The molecule has 0 bridgehead atoms. The number of sulfonamides is 1. The normalized spacial score (nSPS) is 21.9. The number of carbonyl (C=O) groups excluding carboxylic acids is 1. The second kappa shape index (κ2) is 9.53. The predicted molar refractivity (Wildman–Crippen MR) is 132 cm³/mol. The Morgan fingerprint density at radius 3 is 2.63 bits per heavy atom. The van der Waals surface area contributed by atoms with Crippen LogP contribution in [0.5, 0.6) is 11.5 Å². The van der Waals surface area contributed by atoms with Gasteiger partial charge in [-0.2, -0.15) is 8.42 Å². The maximum Gasteiger partial charge on any atom is 0.285 e. The van der Waals surface area contributed by atoms with Gasteiger partial charge in [0.2, 0.25) is 5.91 Å². The largest absolute Gasteiger partial charge is 0.493 e. The molecule has 1 aliphatic carbocycles. The van der Waals surface area contributed by atoms with Crippen LogP contribution in [-0.2, 0) is 14.8 Å². The van der Waals surface area contributed by atoms with Gasteiger partial charge in [0.25, 0.3) is 10.0 Å². The van der Waals surface area contributed by atoms with Crippen molar-refractivity contribution >= 4 is 21.8 Å². The first-order valence-corrected chi connectivity index (χ1v) is 13.7. The summed E-state index contributed by atoms with van der Waals surface area (Å²) >= 11 is 0. The summed E-state index contributed by atoms with van der Waals surface area (Å²) in [6.45, 7) is 2.51. The van der Waals surface area contributed by atoms with Crippen LogP contribution < -0.4 is 14.8 Å². The molecule has 2 atom stereocenters. The van der Waals surface area contributed by atoms with Gasteiger partial charge < -0.3 is 19.7 Å². The van der Waals surface area contributed by atoms with Gasteiger partial charge in [-0.05, 0) is 75.3 Å². The van der Waals surface area contributed by atoms with Crippen molar-refractivity contribution in [2.75, 3.05) is 13.7 Å². The van der Waals surface area contributed by atoms with Crippen LogP contribution in [-0.4, -0.2) is 50.9 Å². The number of hydrogen-bond acceptors (Lipinski definition) is 6. The highest BCUT2D eigenvalue weighted by molar-refractivity contribution is 7.90. The molecule has 3 aliphatic rings. The Hall–Kier alpha value is -3.07. The summed E-state index contributed by atoms with van der Waals surface area (Å²) in [7, 11) is -2.12. The Kier molecular flexibility index (Phi) is 6.44. The average molecular weight is 498 g/mol. The third-order valence-corrected chi connectivity index (χ3v) is 8.41. The van der Waals surface area contributed by atoms with Crippen LogP contribution in [0.2, 0.25) is 0 Å². The van der Waals surface area contributed by atoms with Crippen molar-refractivity contribution in [2.24, 2.45) is 4.40 Å². The summed E-state index contributed by atoms with van der Waals surface area (Å²) in [6, 6.07) is 11.8. The number of likely N-dealkylation sites (tertiary alicyclic amines) is 1. The van der Waals surface area contributed by atoms with E-state index < -0.39 is 16.1 Å². The summed E-state index contributed by atoms with van der Waals surface area (Å²) in [5.41, 5.74) is 1.47. The molecular weight excluding hydrogens is 466 g/mol. The van der Waals surface area contributed by atoms with Crippen molar-refractivity contribution in [1.82, 2.24) is 10.2 Å². The van der Waals surface area contributed by atoms with Crippen LogP contribution in [0.1, 0.15) is 62.6 Å². The SMILES string of the molecule is COc1cc(C(C)NC(=O)[C@@H]2CCCN2C2=NS(=O)(=O)c3ccccc32)ccc1OC1CCCC1.